The van der Waals surface area contributed by atoms with E-state index >= 15 is 0 Å². The van der Waals surface area contributed by atoms with Gasteiger partial charge in [-0.1, -0.05) is 18.2 Å². The lowest BCUT2D eigenvalue weighted by molar-refractivity contribution is 0.414. The maximum atomic E-state index is 5.90. The molecule has 20 heavy (non-hydrogen) atoms. The van der Waals surface area contributed by atoms with E-state index < -0.39 is 0 Å². The second kappa shape index (κ2) is 6.67. The molecule has 0 fully saturated rings. The second-order valence-electron chi connectivity index (χ2n) is 4.95. The minimum Gasteiger partial charge on any atom is -0.497 e. The van der Waals surface area contributed by atoms with Gasteiger partial charge in [0.1, 0.15) is 5.75 Å². The molecule has 106 valence electrons. The van der Waals surface area contributed by atoms with Gasteiger partial charge in [-0.15, -0.1) is 11.6 Å². The van der Waals surface area contributed by atoms with Gasteiger partial charge in [0, 0.05) is 25.2 Å². The molecule has 0 aliphatic rings. The summed E-state index contributed by atoms with van der Waals surface area (Å²) in [6, 6.07) is 14.5. The summed E-state index contributed by atoms with van der Waals surface area (Å²) in [6.07, 6.45) is 0. The SMILES string of the molecule is COc1cccc(CN(C)c2ccc(CCl)c(C)c2)c1. The first-order valence-electron chi connectivity index (χ1n) is 6.63. The van der Waals surface area contributed by atoms with Gasteiger partial charge < -0.3 is 9.64 Å². The van der Waals surface area contributed by atoms with Crippen LogP contribution in [0.25, 0.3) is 0 Å². The van der Waals surface area contributed by atoms with Gasteiger partial charge >= 0.3 is 0 Å². The van der Waals surface area contributed by atoms with E-state index in [4.69, 9.17) is 16.3 Å². The summed E-state index contributed by atoms with van der Waals surface area (Å²) in [5.74, 6) is 1.45. The van der Waals surface area contributed by atoms with Gasteiger partial charge in [-0.05, 0) is 47.9 Å². The van der Waals surface area contributed by atoms with E-state index in [1.165, 1.54) is 22.4 Å². The zero-order valence-electron chi connectivity index (χ0n) is 12.2. The number of anilines is 1. The highest BCUT2D eigenvalue weighted by Crippen LogP contribution is 2.22. The van der Waals surface area contributed by atoms with Crippen LogP contribution in [0.15, 0.2) is 42.5 Å². The van der Waals surface area contributed by atoms with Crippen molar-refractivity contribution in [2.45, 2.75) is 19.3 Å². The summed E-state index contributed by atoms with van der Waals surface area (Å²) >= 11 is 5.90. The quantitative estimate of drug-likeness (QED) is 0.758. The van der Waals surface area contributed by atoms with Crippen LogP contribution in [0.1, 0.15) is 16.7 Å². The summed E-state index contributed by atoms with van der Waals surface area (Å²) in [5, 5.41) is 0. The molecule has 0 saturated carbocycles. The summed E-state index contributed by atoms with van der Waals surface area (Å²) in [6.45, 7) is 2.94. The van der Waals surface area contributed by atoms with Crippen LogP contribution in [0.4, 0.5) is 5.69 Å². The number of halogens is 1. The minimum absolute atomic E-state index is 0.561. The predicted molar refractivity (Wildman–Crippen MR) is 85.8 cm³/mol. The molecule has 0 aliphatic carbocycles. The second-order valence-corrected chi connectivity index (χ2v) is 5.22. The van der Waals surface area contributed by atoms with Crippen LogP contribution in [0.5, 0.6) is 5.75 Å². The Labute approximate surface area is 125 Å². The largest absolute Gasteiger partial charge is 0.497 e. The van der Waals surface area contributed by atoms with Gasteiger partial charge in [0.05, 0.1) is 7.11 Å². The van der Waals surface area contributed by atoms with Crippen LogP contribution >= 0.6 is 11.6 Å². The predicted octanol–water partition coefficient (Wildman–Crippen LogP) is 4.38. The van der Waals surface area contributed by atoms with Crippen LogP contribution < -0.4 is 9.64 Å². The Hall–Kier alpha value is -1.67. The Kier molecular flexibility index (Phi) is 4.91. The maximum absolute atomic E-state index is 5.90. The molecular formula is C17H20ClNO. The molecule has 0 unspecified atom stereocenters. The van der Waals surface area contributed by atoms with E-state index in [1.54, 1.807) is 7.11 Å². The first kappa shape index (κ1) is 14.7. The molecule has 0 N–H and O–H groups in total. The third kappa shape index (κ3) is 3.45. The minimum atomic E-state index is 0.561. The number of ether oxygens (including phenoxy) is 1. The van der Waals surface area contributed by atoms with Crippen molar-refractivity contribution in [3.63, 3.8) is 0 Å². The molecule has 2 aromatic rings. The molecule has 0 heterocycles. The standard InChI is InChI=1S/C17H20ClNO/c1-13-9-16(8-7-15(13)11-18)19(2)12-14-5-4-6-17(10-14)20-3/h4-10H,11-12H2,1-3H3. The maximum Gasteiger partial charge on any atom is 0.119 e. The summed E-state index contributed by atoms with van der Waals surface area (Å²) in [5.41, 5.74) is 4.84. The smallest absolute Gasteiger partial charge is 0.119 e. The number of alkyl halides is 1. The summed E-state index contributed by atoms with van der Waals surface area (Å²) in [4.78, 5) is 2.22. The number of aryl methyl sites for hydroxylation is 1. The van der Waals surface area contributed by atoms with Crippen LogP contribution in [0.3, 0.4) is 0 Å². The number of nitrogens with zero attached hydrogens (tertiary/aromatic N) is 1. The van der Waals surface area contributed by atoms with Crippen molar-refractivity contribution in [2.75, 3.05) is 19.1 Å². The highest BCUT2D eigenvalue weighted by atomic mass is 35.5. The molecule has 0 aromatic heterocycles. The van der Waals surface area contributed by atoms with Crippen molar-refractivity contribution in [3.05, 3.63) is 59.2 Å². The first-order chi connectivity index (χ1) is 9.63. The van der Waals surface area contributed by atoms with Crippen molar-refractivity contribution >= 4 is 17.3 Å². The van der Waals surface area contributed by atoms with Crippen LogP contribution in [0.2, 0.25) is 0 Å². The number of methoxy groups -OCH3 is 1. The lowest BCUT2D eigenvalue weighted by atomic mass is 10.1. The number of benzene rings is 2. The molecule has 3 heteroatoms. The van der Waals surface area contributed by atoms with Gasteiger partial charge in [0.15, 0.2) is 0 Å². The van der Waals surface area contributed by atoms with Crippen molar-refractivity contribution in [1.29, 1.82) is 0 Å². The molecule has 0 saturated heterocycles. The lowest BCUT2D eigenvalue weighted by Gasteiger charge is -2.21. The number of rotatable bonds is 5. The lowest BCUT2D eigenvalue weighted by Crippen LogP contribution is -2.16. The van der Waals surface area contributed by atoms with Crippen LogP contribution in [0, 0.1) is 6.92 Å². The van der Waals surface area contributed by atoms with Crippen LogP contribution in [-0.2, 0) is 12.4 Å². The van der Waals surface area contributed by atoms with Gasteiger partial charge in [-0.3, -0.25) is 0 Å². The highest BCUT2D eigenvalue weighted by Gasteiger charge is 2.05. The molecule has 0 aliphatic heterocycles. The van der Waals surface area contributed by atoms with E-state index in [0.717, 1.165) is 12.3 Å². The zero-order valence-corrected chi connectivity index (χ0v) is 12.9. The summed E-state index contributed by atoms with van der Waals surface area (Å²) in [7, 11) is 3.78. The molecule has 0 radical (unpaired) electrons. The highest BCUT2D eigenvalue weighted by molar-refractivity contribution is 6.17. The third-order valence-corrected chi connectivity index (χ3v) is 3.75. The molecule has 0 spiro atoms. The normalized spacial score (nSPS) is 10.4. The van der Waals surface area contributed by atoms with Crippen molar-refractivity contribution in [3.8, 4) is 5.75 Å². The average Bonchev–Trinajstić information content (AvgIpc) is 2.47. The summed E-state index contributed by atoms with van der Waals surface area (Å²) < 4.78 is 5.26. The Bertz CT molecular complexity index is 583. The fourth-order valence-electron chi connectivity index (χ4n) is 2.20. The monoisotopic (exact) mass is 289 g/mol. The Morgan fingerprint density at radius 2 is 1.95 bits per heavy atom. The third-order valence-electron chi connectivity index (χ3n) is 3.46. The molecule has 0 amide bonds. The molecule has 2 nitrogen and oxygen atoms in total. The number of hydrogen-bond acceptors (Lipinski definition) is 2. The van der Waals surface area contributed by atoms with Gasteiger partial charge in [0.25, 0.3) is 0 Å². The Morgan fingerprint density at radius 3 is 2.60 bits per heavy atom. The fraction of sp³-hybridized carbons (Fsp3) is 0.294. The molecule has 0 bridgehead atoms. The van der Waals surface area contributed by atoms with Crippen molar-refractivity contribution < 1.29 is 4.74 Å². The molecule has 2 aromatic carbocycles. The molecule has 2 rings (SSSR count). The Morgan fingerprint density at radius 1 is 1.15 bits per heavy atom. The van der Waals surface area contributed by atoms with Gasteiger partial charge in [-0.25, -0.2) is 0 Å². The first-order valence-corrected chi connectivity index (χ1v) is 7.17. The van der Waals surface area contributed by atoms with Gasteiger partial charge in [-0.2, -0.15) is 0 Å². The van der Waals surface area contributed by atoms with Gasteiger partial charge in [0.2, 0.25) is 0 Å². The topological polar surface area (TPSA) is 12.5 Å². The zero-order chi connectivity index (χ0) is 14.5. The van der Waals surface area contributed by atoms with Crippen molar-refractivity contribution in [1.82, 2.24) is 0 Å². The van der Waals surface area contributed by atoms with Crippen molar-refractivity contribution in [2.24, 2.45) is 0 Å². The number of hydrogen-bond donors (Lipinski definition) is 0. The Balaban J connectivity index is 2.14. The molecular weight excluding hydrogens is 270 g/mol. The van der Waals surface area contributed by atoms with E-state index in [9.17, 15) is 0 Å². The van der Waals surface area contributed by atoms with E-state index in [2.05, 4.69) is 49.2 Å². The average molecular weight is 290 g/mol. The fourth-order valence-corrected chi connectivity index (χ4v) is 2.50. The van der Waals surface area contributed by atoms with Crippen LogP contribution in [-0.4, -0.2) is 14.2 Å². The molecule has 0 atom stereocenters. The van der Waals surface area contributed by atoms with E-state index in [-0.39, 0.29) is 0 Å². The van der Waals surface area contributed by atoms with E-state index in [1.807, 2.05) is 12.1 Å². The van der Waals surface area contributed by atoms with E-state index in [0.29, 0.717) is 5.88 Å².